The summed E-state index contributed by atoms with van der Waals surface area (Å²) in [6.07, 6.45) is 2.27. The Hall–Kier alpha value is -2.67. The predicted molar refractivity (Wildman–Crippen MR) is 113 cm³/mol. The second-order valence-electron chi connectivity index (χ2n) is 8.13. The van der Waals surface area contributed by atoms with Crippen molar-refractivity contribution in [2.24, 2.45) is 5.10 Å². The van der Waals surface area contributed by atoms with Crippen LogP contribution in [0.1, 0.15) is 44.7 Å². The molecular weight excluding hydrogens is 392 g/mol. The lowest BCUT2D eigenvalue weighted by atomic mass is 10.1. The van der Waals surface area contributed by atoms with Crippen LogP contribution in [0.25, 0.3) is 10.9 Å². The van der Waals surface area contributed by atoms with Gasteiger partial charge in [0.1, 0.15) is 16.8 Å². The van der Waals surface area contributed by atoms with Crippen LogP contribution in [0.3, 0.4) is 0 Å². The summed E-state index contributed by atoms with van der Waals surface area (Å²) >= 11 is 6.24. The average molecular weight is 417 g/mol. The average Bonchev–Trinajstić information content (AvgIpc) is 3.11. The zero-order valence-corrected chi connectivity index (χ0v) is 17.8. The number of carbonyl (C=O) groups is 2. The normalized spacial score (nSPS) is 17.1. The van der Waals surface area contributed by atoms with Crippen LogP contribution in [0.15, 0.2) is 29.4 Å². The number of hydrogen-bond acceptors (Lipinski definition) is 5. The Morgan fingerprint density at radius 1 is 1.34 bits per heavy atom. The molecule has 0 radical (unpaired) electrons. The van der Waals surface area contributed by atoms with Gasteiger partial charge in [0.2, 0.25) is 0 Å². The number of aryl methyl sites for hydroxylation is 1. The van der Waals surface area contributed by atoms with E-state index < -0.39 is 17.7 Å². The summed E-state index contributed by atoms with van der Waals surface area (Å²) in [5.74, 6) is -0.356. The number of amides is 2. The van der Waals surface area contributed by atoms with Gasteiger partial charge >= 0.3 is 6.09 Å². The van der Waals surface area contributed by atoms with E-state index in [9.17, 15) is 9.59 Å². The standard InChI is InChI=1S/C21H25ClN4O3/c1-13-7-8-14-11-15(18(22)24-16(14)10-13)12-23-25-19(27)17-6-5-9-26(17)20(28)29-21(2,3)4/h7-8,10-12,17H,5-6,9H2,1-4H3,(H,25,27)/b23-12-/t17-/m1/s1. The minimum absolute atomic E-state index is 0.303. The molecule has 3 rings (SSSR count). The highest BCUT2D eigenvalue weighted by Gasteiger charge is 2.36. The van der Waals surface area contributed by atoms with Gasteiger partial charge in [-0.25, -0.2) is 15.2 Å². The maximum absolute atomic E-state index is 12.5. The van der Waals surface area contributed by atoms with Crippen LogP contribution >= 0.6 is 11.6 Å². The predicted octanol–water partition coefficient (Wildman–Crippen LogP) is 4.05. The zero-order chi connectivity index (χ0) is 21.2. The molecule has 1 saturated heterocycles. The minimum Gasteiger partial charge on any atom is -0.444 e. The molecule has 1 atom stereocenters. The van der Waals surface area contributed by atoms with Crippen LogP contribution in [-0.4, -0.2) is 46.3 Å². The summed E-state index contributed by atoms with van der Waals surface area (Å²) in [4.78, 5) is 30.7. The summed E-state index contributed by atoms with van der Waals surface area (Å²) in [5.41, 5.74) is 4.38. The fourth-order valence-corrected chi connectivity index (χ4v) is 3.37. The van der Waals surface area contributed by atoms with E-state index in [4.69, 9.17) is 16.3 Å². The Labute approximate surface area is 175 Å². The Morgan fingerprint density at radius 2 is 2.10 bits per heavy atom. The molecule has 0 spiro atoms. The number of nitrogens with one attached hydrogen (secondary N) is 1. The number of pyridine rings is 1. The van der Waals surface area contributed by atoms with Gasteiger partial charge in [-0.15, -0.1) is 0 Å². The van der Waals surface area contributed by atoms with Crippen molar-refractivity contribution < 1.29 is 14.3 Å². The number of halogens is 1. The van der Waals surface area contributed by atoms with Crippen LogP contribution in [-0.2, 0) is 9.53 Å². The van der Waals surface area contributed by atoms with Crippen LogP contribution in [0.2, 0.25) is 5.15 Å². The molecule has 1 fully saturated rings. The first-order chi connectivity index (χ1) is 13.6. The first kappa shape index (κ1) is 21.0. The van der Waals surface area contributed by atoms with Crippen molar-refractivity contribution in [3.63, 3.8) is 0 Å². The molecule has 29 heavy (non-hydrogen) atoms. The van der Waals surface area contributed by atoms with Gasteiger partial charge in [0.15, 0.2) is 0 Å². The van der Waals surface area contributed by atoms with Crippen molar-refractivity contribution in [2.75, 3.05) is 6.54 Å². The molecule has 154 valence electrons. The molecule has 0 unspecified atom stereocenters. The number of likely N-dealkylation sites (tertiary alicyclic amines) is 1. The lowest BCUT2D eigenvalue weighted by Gasteiger charge is -2.27. The van der Waals surface area contributed by atoms with Crippen molar-refractivity contribution in [3.8, 4) is 0 Å². The summed E-state index contributed by atoms with van der Waals surface area (Å²) in [6.45, 7) is 7.86. The van der Waals surface area contributed by atoms with E-state index in [1.165, 1.54) is 11.1 Å². The van der Waals surface area contributed by atoms with E-state index >= 15 is 0 Å². The second-order valence-corrected chi connectivity index (χ2v) is 8.49. The molecule has 0 bridgehead atoms. The zero-order valence-electron chi connectivity index (χ0n) is 17.0. The van der Waals surface area contributed by atoms with Gasteiger partial charge in [-0.1, -0.05) is 23.7 Å². The van der Waals surface area contributed by atoms with E-state index in [1.54, 1.807) is 20.8 Å². The summed E-state index contributed by atoms with van der Waals surface area (Å²) < 4.78 is 5.38. The van der Waals surface area contributed by atoms with E-state index in [2.05, 4.69) is 15.5 Å². The molecule has 7 nitrogen and oxygen atoms in total. The van der Waals surface area contributed by atoms with Crippen LogP contribution in [0, 0.1) is 6.92 Å². The van der Waals surface area contributed by atoms with Gasteiger partial charge in [0.05, 0.1) is 11.7 Å². The number of aromatic nitrogens is 1. The molecule has 0 saturated carbocycles. The monoisotopic (exact) mass is 416 g/mol. The SMILES string of the molecule is Cc1ccc2cc(/C=N\NC(=O)[C@H]3CCCN3C(=O)OC(C)(C)C)c(Cl)nc2c1. The third-order valence-corrected chi connectivity index (χ3v) is 4.82. The molecule has 1 aromatic heterocycles. The number of ether oxygens (including phenoxy) is 1. The minimum atomic E-state index is -0.614. The molecule has 1 N–H and O–H groups in total. The maximum atomic E-state index is 12.5. The Morgan fingerprint density at radius 3 is 2.83 bits per heavy atom. The van der Waals surface area contributed by atoms with Gasteiger partial charge in [-0.05, 0) is 58.2 Å². The first-order valence-corrected chi connectivity index (χ1v) is 9.91. The highest BCUT2D eigenvalue weighted by atomic mass is 35.5. The topological polar surface area (TPSA) is 83.9 Å². The van der Waals surface area contributed by atoms with Gasteiger partial charge < -0.3 is 4.74 Å². The number of carbonyl (C=O) groups excluding carboxylic acids is 2. The van der Waals surface area contributed by atoms with E-state index in [0.29, 0.717) is 23.7 Å². The molecule has 2 amide bonds. The molecular formula is C21H25ClN4O3. The van der Waals surface area contributed by atoms with Crippen molar-refractivity contribution in [1.29, 1.82) is 0 Å². The number of benzene rings is 1. The third kappa shape index (κ3) is 5.23. The molecule has 2 aromatic rings. The van der Waals surface area contributed by atoms with Crippen LogP contribution < -0.4 is 5.43 Å². The van der Waals surface area contributed by atoms with E-state index in [1.807, 2.05) is 31.2 Å². The fourth-order valence-electron chi connectivity index (χ4n) is 3.18. The van der Waals surface area contributed by atoms with Crippen molar-refractivity contribution >= 4 is 40.7 Å². The Kier molecular flexibility index (Phi) is 6.07. The van der Waals surface area contributed by atoms with Gasteiger partial charge in [-0.3, -0.25) is 9.69 Å². The van der Waals surface area contributed by atoms with E-state index in [-0.39, 0.29) is 5.91 Å². The molecule has 1 aromatic carbocycles. The number of nitrogens with zero attached hydrogens (tertiary/aromatic N) is 3. The van der Waals surface area contributed by atoms with E-state index in [0.717, 1.165) is 22.9 Å². The molecule has 8 heteroatoms. The highest BCUT2D eigenvalue weighted by Crippen LogP contribution is 2.22. The lowest BCUT2D eigenvalue weighted by molar-refractivity contribution is -0.125. The lowest BCUT2D eigenvalue weighted by Crippen LogP contribution is -2.46. The second kappa shape index (κ2) is 8.37. The van der Waals surface area contributed by atoms with Gasteiger partial charge in [0.25, 0.3) is 5.91 Å². The number of rotatable bonds is 3. The first-order valence-electron chi connectivity index (χ1n) is 9.53. The smallest absolute Gasteiger partial charge is 0.410 e. The number of hydrogen-bond donors (Lipinski definition) is 1. The van der Waals surface area contributed by atoms with Crippen molar-refractivity contribution in [2.45, 2.75) is 52.2 Å². The van der Waals surface area contributed by atoms with Gasteiger partial charge in [-0.2, -0.15) is 5.10 Å². The van der Waals surface area contributed by atoms with Crippen LogP contribution in [0.5, 0.6) is 0 Å². The summed E-state index contributed by atoms with van der Waals surface area (Å²) in [7, 11) is 0. The third-order valence-electron chi connectivity index (χ3n) is 4.52. The van der Waals surface area contributed by atoms with Crippen LogP contribution in [0.4, 0.5) is 4.79 Å². The largest absolute Gasteiger partial charge is 0.444 e. The quantitative estimate of drug-likeness (QED) is 0.464. The van der Waals surface area contributed by atoms with Crippen molar-refractivity contribution in [3.05, 3.63) is 40.5 Å². The molecule has 0 aliphatic carbocycles. The van der Waals surface area contributed by atoms with Crippen molar-refractivity contribution in [1.82, 2.24) is 15.3 Å². The number of fused-ring (bicyclic) bond motifs is 1. The molecule has 2 heterocycles. The Balaban J connectivity index is 1.67. The summed E-state index contributed by atoms with van der Waals surface area (Å²) in [5, 5.41) is 5.25. The fraction of sp³-hybridized carbons (Fsp3) is 0.429. The Bertz CT molecular complexity index is 968. The highest BCUT2D eigenvalue weighted by molar-refractivity contribution is 6.32. The summed E-state index contributed by atoms with van der Waals surface area (Å²) in [6, 6.07) is 7.17. The van der Waals surface area contributed by atoms with Gasteiger partial charge in [0, 0.05) is 17.5 Å². The number of hydrazone groups is 1. The molecule has 1 aliphatic rings. The maximum Gasteiger partial charge on any atom is 0.410 e. The molecule has 1 aliphatic heterocycles.